The number of thiazole rings is 1. The van der Waals surface area contributed by atoms with Crippen LogP contribution in [0.4, 0.5) is 5.69 Å². The minimum atomic E-state index is 0.468. The van der Waals surface area contributed by atoms with Crippen LogP contribution in [0.1, 0.15) is 43.0 Å². The highest BCUT2D eigenvalue weighted by Crippen LogP contribution is 2.17. The Bertz CT molecular complexity index is 691. The van der Waals surface area contributed by atoms with Gasteiger partial charge in [-0.2, -0.15) is 0 Å². The molecule has 5 nitrogen and oxygen atoms in total. The maximum absolute atomic E-state index is 4.69. The topological polar surface area (TPSA) is 52.6 Å². The van der Waals surface area contributed by atoms with E-state index in [2.05, 4.69) is 70.9 Å². The lowest BCUT2D eigenvalue weighted by atomic mass is 10.2. The van der Waals surface area contributed by atoms with Gasteiger partial charge in [0.15, 0.2) is 5.96 Å². The Kier molecular flexibility index (Phi) is 7.25. The molecule has 0 fully saturated rings. The molecule has 0 saturated heterocycles. The highest BCUT2D eigenvalue weighted by Gasteiger charge is 2.06. The average molecular weight is 360 g/mol. The summed E-state index contributed by atoms with van der Waals surface area (Å²) in [6.07, 6.45) is 0. The third kappa shape index (κ3) is 6.05. The van der Waals surface area contributed by atoms with Gasteiger partial charge in [-0.15, -0.1) is 11.3 Å². The summed E-state index contributed by atoms with van der Waals surface area (Å²) in [5.41, 5.74) is 3.54. The van der Waals surface area contributed by atoms with Crippen LogP contribution in [0.2, 0.25) is 0 Å². The first-order valence-electron chi connectivity index (χ1n) is 8.72. The molecule has 2 N–H and O–H groups in total. The number of rotatable bonds is 7. The van der Waals surface area contributed by atoms with E-state index in [4.69, 9.17) is 4.99 Å². The molecule has 0 bridgehead atoms. The number of guanidine groups is 1. The first-order valence-corrected chi connectivity index (χ1v) is 9.60. The van der Waals surface area contributed by atoms with Crippen molar-refractivity contribution in [1.82, 2.24) is 15.6 Å². The van der Waals surface area contributed by atoms with Crippen LogP contribution in [-0.4, -0.2) is 31.6 Å². The fourth-order valence-electron chi connectivity index (χ4n) is 2.28. The molecule has 0 amide bonds. The van der Waals surface area contributed by atoms with Gasteiger partial charge in [0, 0.05) is 31.7 Å². The van der Waals surface area contributed by atoms with Gasteiger partial charge < -0.3 is 15.5 Å². The number of hydrogen-bond donors (Lipinski definition) is 2. The normalized spacial score (nSPS) is 11.7. The van der Waals surface area contributed by atoms with E-state index < -0.39 is 0 Å². The molecule has 0 atom stereocenters. The van der Waals surface area contributed by atoms with Gasteiger partial charge in [0.2, 0.25) is 0 Å². The number of aromatic nitrogens is 1. The van der Waals surface area contributed by atoms with Gasteiger partial charge >= 0.3 is 0 Å². The zero-order valence-corrected chi connectivity index (χ0v) is 16.7. The minimum Gasteiger partial charge on any atom is -0.378 e. The smallest absolute Gasteiger partial charge is 0.191 e. The summed E-state index contributed by atoms with van der Waals surface area (Å²) in [4.78, 5) is 11.5. The second-order valence-corrected chi connectivity index (χ2v) is 7.38. The van der Waals surface area contributed by atoms with Crippen molar-refractivity contribution in [2.75, 3.05) is 25.5 Å². The lowest BCUT2D eigenvalue weighted by Crippen LogP contribution is -2.36. The molecular formula is C19H29N5S. The molecule has 0 aliphatic heterocycles. The maximum atomic E-state index is 4.69. The Balaban J connectivity index is 1.98. The van der Waals surface area contributed by atoms with Crippen molar-refractivity contribution in [3.8, 4) is 0 Å². The number of nitrogens with zero attached hydrogens (tertiary/aromatic N) is 3. The third-order valence-electron chi connectivity index (χ3n) is 3.76. The Morgan fingerprint density at radius 3 is 2.72 bits per heavy atom. The zero-order valence-electron chi connectivity index (χ0n) is 15.8. The second kappa shape index (κ2) is 9.42. The molecule has 0 spiro atoms. The molecule has 2 rings (SSSR count). The number of aliphatic imine (C=N–C) groups is 1. The van der Waals surface area contributed by atoms with E-state index >= 15 is 0 Å². The second-order valence-electron chi connectivity index (χ2n) is 6.43. The monoisotopic (exact) mass is 359 g/mol. The van der Waals surface area contributed by atoms with E-state index in [9.17, 15) is 0 Å². The summed E-state index contributed by atoms with van der Waals surface area (Å²) in [6, 6.07) is 8.45. The predicted octanol–water partition coefficient (Wildman–Crippen LogP) is 3.59. The van der Waals surface area contributed by atoms with E-state index in [1.807, 2.05) is 14.1 Å². The van der Waals surface area contributed by atoms with Crippen LogP contribution < -0.4 is 15.5 Å². The Morgan fingerprint density at radius 1 is 1.28 bits per heavy atom. The van der Waals surface area contributed by atoms with Gasteiger partial charge in [0.25, 0.3) is 0 Å². The zero-order chi connectivity index (χ0) is 18.2. The Hall–Kier alpha value is -2.08. The third-order valence-corrected chi connectivity index (χ3v) is 4.63. The molecule has 1 aromatic heterocycles. The fourth-order valence-corrected chi connectivity index (χ4v) is 3.17. The number of hydrogen-bond acceptors (Lipinski definition) is 4. The molecule has 2 aromatic rings. The van der Waals surface area contributed by atoms with E-state index in [0.29, 0.717) is 19.0 Å². The van der Waals surface area contributed by atoms with Crippen LogP contribution in [0, 0.1) is 0 Å². The van der Waals surface area contributed by atoms with Crippen molar-refractivity contribution in [2.24, 2.45) is 4.99 Å². The van der Waals surface area contributed by atoms with Crippen LogP contribution >= 0.6 is 11.3 Å². The molecule has 0 aliphatic rings. The van der Waals surface area contributed by atoms with E-state index in [-0.39, 0.29) is 0 Å². The summed E-state index contributed by atoms with van der Waals surface area (Å²) < 4.78 is 0. The van der Waals surface area contributed by atoms with Gasteiger partial charge in [-0.05, 0) is 30.5 Å². The molecule has 6 heteroatoms. The van der Waals surface area contributed by atoms with Crippen molar-refractivity contribution in [3.63, 3.8) is 0 Å². The Labute approximate surface area is 155 Å². The number of nitrogens with one attached hydrogen (secondary N) is 2. The van der Waals surface area contributed by atoms with Gasteiger partial charge in [0.05, 0.1) is 18.8 Å². The fraction of sp³-hybridized carbons (Fsp3) is 0.474. The SMILES string of the molecule is CCNC(=NCc1cccc(N(C)C)c1)NCc1nc(C(C)C)cs1. The van der Waals surface area contributed by atoms with Crippen LogP contribution in [0.15, 0.2) is 34.6 Å². The molecule has 0 aliphatic carbocycles. The quantitative estimate of drug-likeness (QED) is 0.586. The summed E-state index contributed by atoms with van der Waals surface area (Å²) in [5, 5.41) is 9.89. The van der Waals surface area contributed by atoms with Crippen molar-refractivity contribution in [1.29, 1.82) is 0 Å². The van der Waals surface area contributed by atoms with E-state index in [1.54, 1.807) is 11.3 Å². The van der Waals surface area contributed by atoms with Crippen molar-refractivity contribution in [3.05, 3.63) is 45.9 Å². The summed E-state index contributed by atoms with van der Waals surface area (Å²) in [7, 11) is 4.10. The molecule has 0 saturated carbocycles. The lowest BCUT2D eigenvalue weighted by molar-refractivity contribution is 0.788. The van der Waals surface area contributed by atoms with Crippen molar-refractivity contribution < 1.29 is 0 Å². The number of anilines is 1. The molecule has 0 radical (unpaired) electrons. The lowest BCUT2D eigenvalue weighted by Gasteiger charge is -2.13. The van der Waals surface area contributed by atoms with Gasteiger partial charge in [0.1, 0.15) is 5.01 Å². The van der Waals surface area contributed by atoms with Crippen LogP contribution in [0.3, 0.4) is 0 Å². The molecule has 1 heterocycles. The maximum Gasteiger partial charge on any atom is 0.191 e. The summed E-state index contributed by atoms with van der Waals surface area (Å²) in [5.74, 6) is 1.29. The largest absolute Gasteiger partial charge is 0.378 e. The first-order chi connectivity index (χ1) is 12.0. The average Bonchev–Trinajstić information content (AvgIpc) is 3.07. The first kappa shape index (κ1) is 19.2. The highest BCUT2D eigenvalue weighted by atomic mass is 32.1. The predicted molar refractivity (Wildman–Crippen MR) is 109 cm³/mol. The Morgan fingerprint density at radius 2 is 2.08 bits per heavy atom. The van der Waals surface area contributed by atoms with Crippen LogP contribution in [0.25, 0.3) is 0 Å². The molecule has 0 unspecified atom stereocenters. The van der Waals surface area contributed by atoms with Crippen LogP contribution in [0.5, 0.6) is 0 Å². The molecule has 25 heavy (non-hydrogen) atoms. The standard InChI is InChI=1S/C19H29N5S/c1-6-20-19(22-12-18-23-17(13-25-18)14(2)3)21-11-15-8-7-9-16(10-15)24(4)5/h7-10,13-14H,6,11-12H2,1-5H3,(H2,20,21,22). The molecular weight excluding hydrogens is 330 g/mol. The molecule has 1 aromatic carbocycles. The van der Waals surface area contributed by atoms with Gasteiger partial charge in [-0.3, -0.25) is 0 Å². The molecule has 136 valence electrons. The van der Waals surface area contributed by atoms with E-state index in [1.165, 1.54) is 11.3 Å². The van der Waals surface area contributed by atoms with E-state index in [0.717, 1.165) is 23.2 Å². The van der Waals surface area contributed by atoms with Crippen molar-refractivity contribution in [2.45, 2.75) is 39.8 Å². The minimum absolute atomic E-state index is 0.468. The van der Waals surface area contributed by atoms with Gasteiger partial charge in [-0.25, -0.2) is 9.98 Å². The summed E-state index contributed by atoms with van der Waals surface area (Å²) in [6.45, 7) is 8.58. The van der Waals surface area contributed by atoms with Crippen LogP contribution in [-0.2, 0) is 13.1 Å². The number of benzene rings is 1. The highest BCUT2D eigenvalue weighted by molar-refractivity contribution is 7.09. The summed E-state index contributed by atoms with van der Waals surface area (Å²) >= 11 is 1.70. The van der Waals surface area contributed by atoms with Gasteiger partial charge in [-0.1, -0.05) is 26.0 Å². The van der Waals surface area contributed by atoms with Crippen molar-refractivity contribution >= 4 is 23.0 Å².